The lowest BCUT2D eigenvalue weighted by Crippen LogP contribution is -2.42. The molecular formula is C15H30N4O. The molecule has 1 saturated heterocycles. The Morgan fingerprint density at radius 2 is 1.95 bits per heavy atom. The maximum atomic E-state index is 11.6. The van der Waals surface area contributed by atoms with Crippen LogP contribution in [0.1, 0.15) is 44.9 Å². The van der Waals surface area contributed by atoms with Crippen molar-refractivity contribution in [1.29, 1.82) is 0 Å². The number of hydrogen-bond donors (Lipinski definition) is 2. The van der Waals surface area contributed by atoms with Crippen LogP contribution in [-0.4, -0.2) is 61.1 Å². The number of hydrogen-bond acceptors (Lipinski definition) is 3. The lowest BCUT2D eigenvalue weighted by Gasteiger charge is -2.32. The van der Waals surface area contributed by atoms with E-state index in [1.54, 1.807) is 0 Å². The zero-order chi connectivity index (χ0) is 14.2. The lowest BCUT2D eigenvalue weighted by molar-refractivity contribution is 0.157. The second kappa shape index (κ2) is 8.47. The van der Waals surface area contributed by atoms with E-state index < -0.39 is 0 Å². The lowest BCUT2D eigenvalue weighted by atomic mass is 10.1. The molecule has 1 aliphatic heterocycles. The van der Waals surface area contributed by atoms with Crippen molar-refractivity contribution < 1.29 is 4.79 Å². The van der Waals surface area contributed by atoms with Gasteiger partial charge in [0.2, 0.25) is 0 Å². The van der Waals surface area contributed by atoms with Gasteiger partial charge in [-0.3, -0.25) is 4.90 Å². The van der Waals surface area contributed by atoms with E-state index in [2.05, 4.69) is 10.2 Å². The molecule has 5 heteroatoms. The molecule has 2 rings (SSSR count). The normalized spacial score (nSPS) is 21.3. The second-order valence-electron chi connectivity index (χ2n) is 6.04. The Morgan fingerprint density at radius 3 is 2.55 bits per heavy atom. The van der Waals surface area contributed by atoms with Crippen molar-refractivity contribution in [1.82, 2.24) is 15.1 Å². The first kappa shape index (κ1) is 15.6. The van der Waals surface area contributed by atoms with Crippen LogP contribution < -0.4 is 11.1 Å². The number of urea groups is 1. The van der Waals surface area contributed by atoms with Crippen LogP contribution in [-0.2, 0) is 0 Å². The van der Waals surface area contributed by atoms with E-state index in [0.717, 1.165) is 45.7 Å². The molecule has 0 spiro atoms. The molecule has 20 heavy (non-hydrogen) atoms. The monoisotopic (exact) mass is 282 g/mol. The van der Waals surface area contributed by atoms with Gasteiger partial charge in [0.25, 0.3) is 0 Å². The minimum absolute atomic E-state index is 0.102. The molecule has 1 aliphatic carbocycles. The van der Waals surface area contributed by atoms with E-state index in [9.17, 15) is 4.79 Å². The SMILES string of the molecule is NCCCN(CCN1CCNC1=O)C1CCCCCC1. The standard InChI is InChI=1S/C15H30N4O/c16-8-5-10-18(14-6-3-1-2-4-7-14)12-13-19-11-9-17-15(19)20/h14H,1-13,16H2,(H,17,20). The molecule has 116 valence electrons. The predicted octanol–water partition coefficient (Wildman–Crippen LogP) is 1.39. The van der Waals surface area contributed by atoms with Crippen molar-refractivity contribution in [2.24, 2.45) is 5.73 Å². The number of nitrogens with one attached hydrogen (secondary N) is 1. The van der Waals surface area contributed by atoms with E-state index in [1.165, 1.54) is 38.5 Å². The summed E-state index contributed by atoms with van der Waals surface area (Å²) in [5.41, 5.74) is 5.68. The fraction of sp³-hybridized carbons (Fsp3) is 0.933. The zero-order valence-corrected chi connectivity index (χ0v) is 12.6. The maximum Gasteiger partial charge on any atom is 0.317 e. The minimum Gasteiger partial charge on any atom is -0.336 e. The Balaban J connectivity index is 1.83. The van der Waals surface area contributed by atoms with Gasteiger partial charge >= 0.3 is 6.03 Å². The molecule has 2 amide bonds. The molecule has 0 aromatic heterocycles. The van der Waals surface area contributed by atoms with Gasteiger partial charge in [-0.25, -0.2) is 4.79 Å². The first-order chi connectivity index (χ1) is 9.81. The Morgan fingerprint density at radius 1 is 1.20 bits per heavy atom. The van der Waals surface area contributed by atoms with Crippen LogP contribution in [0.15, 0.2) is 0 Å². The number of rotatable bonds is 7. The second-order valence-corrected chi connectivity index (χ2v) is 6.04. The molecule has 0 bridgehead atoms. The summed E-state index contributed by atoms with van der Waals surface area (Å²) >= 11 is 0. The molecular weight excluding hydrogens is 252 g/mol. The molecule has 1 heterocycles. The van der Waals surface area contributed by atoms with E-state index in [4.69, 9.17) is 5.73 Å². The summed E-state index contributed by atoms with van der Waals surface area (Å²) < 4.78 is 0. The van der Waals surface area contributed by atoms with Gasteiger partial charge in [0, 0.05) is 32.2 Å². The van der Waals surface area contributed by atoms with Gasteiger partial charge in [0.05, 0.1) is 0 Å². The van der Waals surface area contributed by atoms with Gasteiger partial charge in [-0.1, -0.05) is 25.7 Å². The summed E-state index contributed by atoms with van der Waals surface area (Å²) in [4.78, 5) is 16.1. The summed E-state index contributed by atoms with van der Waals surface area (Å²) in [6, 6.07) is 0.805. The molecule has 0 unspecified atom stereocenters. The Kier molecular flexibility index (Phi) is 6.60. The van der Waals surface area contributed by atoms with Gasteiger partial charge in [-0.2, -0.15) is 0 Å². The first-order valence-electron chi connectivity index (χ1n) is 8.28. The van der Waals surface area contributed by atoms with Crippen LogP contribution in [0.5, 0.6) is 0 Å². The van der Waals surface area contributed by atoms with E-state index in [0.29, 0.717) is 6.04 Å². The Labute approximate surface area is 122 Å². The topological polar surface area (TPSA) is 61.6 Å². The largest absolute Gasteiger partial charge is 0.336 e. The Hall–Kier alpha value is -0.810. The third kappa shape index (κ3) is 4.63. The number of carbonyl (C=O) groups excluding carboxylic acids is 1. The number of nitrogens with zero attached hydrogens (tertiary/aromatic N) is 2. The summed E-state index contributed by atoms with van der Waals surface area (Å²) in [6.07, 6.45) is 9.17. The molecule has 0 atom stereocenters. The van der Waals surface area contributed by atoms with E-state index in [1.807, 2.05) is 4.90 Å². The van der Waals surface area contributed by atoms with Gasteiger partial charge in [-0.05, 0) is 32.4 Å². The smallest absolute Gasteiger partial charge is 0.317 e. The van der Waals surface area contributed by atoms with Crippen LogP contribution in [0.2, 0.25) is 0 Å². The highest BCUT2D eigenvalue weighted by Gasteiger charge is 2.23. The number of carbonyl (C=O) groups is 1. The highest BCUT2D eigenvalue weighted by Crippen LogP contribution is 2.22. The summed E-state index contributed by atoms with van der Waals surface area (Å²) in [7, 11) is 0. The number of nitrogens with two attached hydrogens (primary N) is 1. The summed E-state index contributed by atoms with van der Waals surface area (Å²) in [5.74, 6) is 0. The quantitative estimate of drug-likeness (QED) is 0.694. The van der Waals surface area contributed by atoms with Gasteiger partial charge < -0.3 is 16.0 Å². The van der Waals surface area contributed by atoms with Crippen LogP contribution in [0.25, 0.3) is 0 Å². The summed E-state index contributed by atoms with van der Waals surface area (Å²) in [5, 5.41) is 2.87. The molecule has 0 radical (unpaired) electrons. The van der Waals surface area contributed by atoms with Crippen molar-refractivity contribution in [2.75, 3.05) is 39.3 Å². The van der Waals surface area contributed by atoms with Gasteiger partial charge in [-0.15, -0.1) is 0 Å². The molecule has 2 fully saturated rings. The molecule has 0 aromatic carbocycles. The van der Waals surface area contributed by atoms with E-state index in [-0.39, 0.29) is 6.03 Å². The highest BCUT2D eigenvalue weighted by molar-refractivity contribution is 5.76. The molecule has 0 aromatic rings. The molecule has 1 saturated carbocycles. The van der Waals surface area contributed by atoms with Crippen molar-refractivity contribution in [3.05, 3.63) is 0 Å². The first-order valence-corrected chi connectivity index (χ1v) is 8.28. The molecule has 5 nitrogen and oxygen atoms in total. The summed E-state index contributed by atoms with van der Waals surface area (Å²) in [6.45, 7) is 5.34. The third-order valence-corrected chi connectivity index (χ3v) is 4.59. The van der Waals surface area contributed by atoms with Crippen LogP contribution in [0.4, 0.5) is 4.79 Å². The van der Waals surface area contributed by atoms with Crippen molar-refractivity contribution in [3.8, 4) is 0 Å². The van der Waals surface area contributed by atoms with Gasteiger partial charge in [0.15, 0.2) is 0 Å². The number of amides is 2. The van der Waals surface area contributed by atoms with Crippen LogP contribution in [0.3, 0.4) is 0 Å². The van der Waals surface area contributed by atoms with Gasteiger partial charge in [0.1, 0.15) is 0 Å². The van der Waals surface area contributed by atoms with Crippen LogP contribution >= 0.6 is 0 Å². The minimum atomic E-state index is 0.102. The average Bonchev–Trinajstić information content (AvgIpc) is 2.70. The zero-order valence-electron chi connectivity index (χ0n) is 12.6. The highest BCUT2D eigenvalue weighted by atomic mass is 16.2. The predicted molar refractivity (Wildman–Crippen MR) is 81.7 cm³/mol. The van der Waals surface area contributed by atoms with E-state index >= 15 is 0 Å². The third-order valence-electron chi connectivity index (χ3n) is 4.59. The molecule has 3 N–H and O–H groups in total. The molecule has 2 aliphatic rings. The fourth-order valence-corrected chi connectivity index (χ4v) is 3.37. The van der Waals surface area contributed by atoms with Crippen molar-refractivity contribution >= 4 is 6.03 Å². The Bertz CT molecular complexity index is 290. The average molecular weight is 282 g/mol. The fourth-order valence-electron chi connectivity index (χ4n) is 3.37. The maximum absolute atomic E-state index is 11.6. The van der Waals surface area contributed by atoms with Crippen LogP contribution in [0, 0.1) is 0 Å². The van der Waals surface area contributed by atoms with Crippen molar-refractivity contribution in [3.63, 3.8) is 0 Å². The van der Waals surface area contributed by atoms with Crippen molar-refractivity contribution in [2.45, 2.75) is 51.0 Å².